The standard InChI is InChI=1S/C12H17ClN4.C11H13ClN4O/c1-8-10(17(2)3)5-4-9(13)11(8)16-12-14-6-7-15-12;1-7(17)15-8-2-3-9(12)10(6-8)16-11-13-4-5-14-11/h4-5H,6-7H2,1-3H3,(H2,14,15,16);2-3,6H,4-5H2,1H3,(H,15,17)(H2,13,14,16). The van der Waals surface area contributed by atoms with Gasteiger partial charge in [0.2, 0.25) is 5.91 Å². The van der Waals surface area contributed by atoms with Gasteiger partial charge in [0.25, 0.3) is 0 Å². The Labute approximate surface area is 210 Å². The fourth-order valence-electron chi connectivity index (χ4n) is 3.42. The minimum absolute atomic E-state index is 0.116. The number of nitrogens with one attached hydrogen (secondary N) is 5. The molecule has 2 aliphatic rings. The minimum Gasteiger partial charge on any atom is -0.377 e. The third-order valence-electron chi connectivity index (χ3n) is 5.00. The fourth-order valence-corrected chi connectivity index (χ4v) is 3.83. The monoisotopic (exact) mass is 504 g/mol. The molecular formula is C23H30Cl2N8O. The number of carbonyl (C=O) groups is 1. The molecule has 2 aromatic carbocycles. The number of carbonyl (C=O) groups excluding carboxylic acids is 1. The molecule has 4 rings (SSSR count). The summed E-state index contributed by atoms with van der Waals surface area (Å²) in [7, 11) is 4.04. The number of hydrogen-bond donors (Lipinski definition) is 5. The Balaban J connectivity index is 0.000000191. The van der Waals surface area contributed by atoms with Crippen molar-refractivity contribution < 1.29 is 4.79 Å². The summed E-state index contributed by atoms with van der Waals surface area (Å²) in [4.78, 5) is 21.5. The smallest absolute Gasteiger partial charge is 0.221 e. The maximum Gasteiger partial charge on any atom is 0.221 e. The Bertz CT molecular complexity index is 1100. The van der Waals surface area contributed by atoms with Gasteiger partial charge in [-0.05, 0) is 42.8 Å². The van der Waals surface area contributed by atoms with Gasteiger partial charge in [-0.3, -0.25) is 14.8 Å². The summed E-state index contributed by atoms with van der Waals surface area (Å²) >= 11 is 12.3. The number of nitrogens with zero attached hydrogens (tertiary/aromatic N) is 3. The van der Waals surface area contributed by atoms with Crippen molar-refractivity contribution in [1.82, 2.24) is 10.6 Å². The number of benzene rings is 2. The van der Waals surface area contributed by atoms with Gasteiger partial charge < -0.3 is 31.5 Å². The molecule has 9 nitrogen and oxygen atoms in total. The Kier molecular flexibility index (Phi) is 8.84. The molecule has 182 valence electrons. The van der Waals surface area contributed by atoms with Crippen LogP contribution < -0.4 is 31.5 Å². The lowest BCUT2D eigenvalue weighted by Gasteiger charge is -2.20. The van der Waals surface area contributed by atoms with Crippen molar-refractivity contribution >= 4 is 63.8 Å². The topological polar surface area (TPSA) is 105 Å². The van der Waals surface area contributed by atoms with Crippen molar-refractivity contribution in [2.75, 3.05) is 61.1 Å². The van der Waals surface area contributed by atoms with E-state index in [-0.39, 0.29) is 5.91 Å². The molecular weight excluding hydrogens is 475 g/mol. The van der Waals surface area contributed by atoms with Crippen LogP contribution in [0.5, 0.6) is 0 Å². The molecule has 0 aliphatic carbocycles. The number of guanidine groups is 2. The summed E-state index contributed by atoms with van der Waals surface area (Å²) in [5, 5.41) is 16.6. The molecule has 0 saturated carbocycles. The van der Waals surface area contributed by atoms with E-state index in [2.05, 4.69) is 48.4 Å². The molecule has 2 aromatic rings. The summed E-state index contributed by atoms with van der Waals surface area (Å²) in [5.41, 5.74) is 4.61. The molecule has 34 heavy (non-hydrogen) atoms. The molecule has 11 heteroatoms. The first-order chi connectivity index (χ1) is 16.2. The summed E-state index contributed by atoms with van der Waals surface area (Å²) in [5.74, 6) is 1.38. The number of anilines is 4. The first-order valence-electron chi connectivity index (χ1n) is 10.9. The highest BCUT2D eigenvalue weighted by Crippen LogP contribution is 2.32. The van der Waals surface area contributed by atoms with E-state index in [9.17, 15) is 4.79 Å². The van der Waals surface area contributed by atoms with Crippen LogP contribution in [0.1, 0.15) is 12.5 Å². The predicted octanol–water partition coefficient (Wildman–Crippen LogP) is 3.76. The van der Waals surface area contributed by atoms with Crippen LogP contribution in [0.25, 0.3) is 0 Å². The normalized spacial score (nSPS) is 14.1. The van der Waals surface area contributed by atoms with Crippen LogP contribution in [0.3, 0.4) is 0 Å². The molecule has 0 unspecified atom stereocenters. The van der Waals surface area contributed by atoms with Gasteiger partial charge in [-0.25, -0.2) is 0 Å². The van der Waals surface area contributed by atoms with Crippen molar-refractivity contribution in [3.8, 4) is 0 Å². The predicted molar refractivity (Wildman–Crippen MR) is 144 cm³/mol. The van der Waals surface area contributed by atoms with Gasteiger partial charge in [0.1, 0.15) is 0 Å². The maximum atomic E-state index is 11.0. The van der Waals surface area contributed by atoms with E-state index in [0.717, 1.165) is 49.1 Å². The summed E-state index contributed by atoms with van der Waals surface area (Å²) < 4.78 is 0. The lowest BCUT2D eigenvalue weighted by Crippen LogP contribution is -2.27. The van der Waals surface area contributed by atoms with E-state index >= 15 is 0 Å². The van der Waals surface area contributed by atoms with E-state index < -0.39 is 0 Å². The molecule has 2 heterocycles. The molecule has 0 fully saturated rings. The minimum atomic E-state index is -0.116. The van der Waals surface area contributed by atoms with Crippen LogP contribution >= 0.6 is 23.2 Å². The van der Waals surface area contributed by atoms with Crippen molar-refractivity contribution in [2.24, 2.45) is 9.98 Å². The van der Waals surface area contributed by atoms with Gasteiger partial charge in [0.05, 0.1) is 34.5 Å². The maximum absolute atomic E-state index is 11.0. The lowest BCUT2D eigenvalue weighted by molar-refractivity contribution is -0.114. The third kappa shape index (κ3) is 6.91. The quantitative estimate of drug-likeness (QED) is 0.434. The Morgan fingerprint density at radius 3 is 2.15 bits per heavy atom. The van der Waals surface area contributed by atoms with Crippen molar-refractivity contribution in [2.45, 2.75) is 13.8 Å². The Hall–Kier alpha value is -3.17. The van der Waals surface area contributed by atoms with Gasteiger partial charge in [-0.1, -0.05) is 23.2 Å². The summed E-state index contributed by atoms with van der Waals surface area (Å²) in [6.45, 7) is 6.79. The SMILES string of the molecule is CC(=O)Nc1ccc(Cl)c(NC2=NCCN2)c1.Cc1c(N(C)C)ccc(Cl)c1NC1=NCCN1. The number of aliphatic imine (C=N–C) groups is 2. The molecule has 0 atom stereocenters. The van der Waals surface area contributed by atoms with Gasteiger partial charge in [-0.2, -0.15) is 0 Å². The molecule has 0 saturated heterocycles. The van der Waals surface area contributed by atoms with E-state index in [1.54, 1.807) is 18.2 Å². The number of rotatable bonds is 4. The zero-order chi connectivity index (χ0) is 24.7. The van der Waals surface area contributed by atoms with Gasteiger partial charge in [0, 0.05) is 45.5 Å². The average Bonchev–Trinajstić information content (AvgIpc) is 3.48. The lowest BCUT2D eigenvalue weighted by atomic mass is 10.1. The van der Waals surface area contributed by atoms with Crippen molar-refractivity contribution in [1.29, 1.82) is 0 Å². The third-order valence-corrected chi connectivity index (χ3v) is 5.64. The second-order valence-corrected chi connectivity index (χ2v) is 8.72. The van der Waals surface area contributed by atoms with Crippen molar-refractivity contribution in [3.63, 3.8) is 0 Å². The first kappa shape index (κ1) is 25.5. The van der Waals surface area contributed by atoms with Gasteiger partial charge in [0.15, 0.2) is 11.9 Å². The first-order valence-corrected chi connectivity index (χ1v) is 11.6. The van der Waals surface area contributed by atoms with Crippen LogP contribution in [-0.4, -0.2) is 58.1 Å². The zero-order valence-corrected chi connectivity index (χ0v) is 21.2. The molecule has 5 N–H and O–H groups in total. The molecule has 0 spiro atoms. The largest absolute Gasteiger partial charge is 0.377 e. The van der Waals surface area contributed by atoms with Crippen LogP contribution in [0.4, 0.5) is 22.7 Å². The van der Waals surface area contributed by atoms with Crippen LogP contribution in [0.2, 0.25) is 10.0 Å². The van der Waals surface area contributed by atoms with E-state index in [1.165, 1.54) is 6.92 Å². The Morgan fingerprint density at radius 2 is 1.59 bits per heavy atom. The molecule has 0 bridgehead atoms. The highest BCUT2D eigenvalue weighted by molar-refractivity contribution is 6.34. The summed E-state index contributed by atoms with van der Waals surface area (Å²) in [6, 6.07) is 9.17. The molecule has 2 aliphatic heterocycles. The summed E-state index contributed by atoms with van der Waals surface area (Å²) in [6.07, 6.45) is 0. The van der Waals surface area contributed by atoms with E-state index in [4.69, 9.17) is 23.2 Å². The number of amides is 1. The average molecular weight is 505 g/mol. The van der Waals surface area contributed by atoms with Crippen molar-refractivity contribution in [3.05, 3.63) is 45.9 Å². The fraction of sp³-hybridized carbons (Fsp3) is 0.348. The highest BCUT2D eigenvalue weighted by Gasteiger charge is 2.13. The molecule has 1 amide bonds. The Morgan fingerprint density at radius 1 is 0.971 bits per heavy atom. The second kappa shape index (κ2) is 11.8. The highest BCUT2D eigenvalue weighted by atomic mass is 35.5. The van der Waals surface area contributed by atoms with Gasteiger partial charge in [-0.15, -0.1) is 0 Å². The van der Waals surface area contributed by atoms with Gasteiger partial charge >= 0.3 is 0 Å². The number of hydrogen-bond acceptors (Lipinski definition) is 8. The van der Waals surface area contributed by atoms with Crippen LogP contribution in [0.15, 0.2) is 40.3 Å². The second-order valence-electron chi connectivity index (χ2n) is 7.90. The zero-order valence-electron chi connectivity index (χ0n) is 19.7. The van der Waals surface area contributed by atoms with Crippen LogP contribution in [-0.2, 0) is 4.79 Å². The van der Waals surface area contributed by atoms with E-state index in [0.29, 0.717) is 27.4 Å². The number of halogens is 2. The molecule has 0 radical (unpaired) electrons. The van der Waals surface area contributed by atoms with E-state index in [1.807, 2.05) is 26.2 Å². The molecule has 0 aromatic heterocycles. The van der Waals surface area contributed by atoms with Crippen LogP contribution in [0, 0.1) is 6.92 Å².